The molecule has 0 aliphatic heterocycles. The van der Waals surface area contributed by atoms with Gasteiger partial charge in [0.2, 0.25) is 0 Å². The molecule has 1 N–H and O–H groups in total. The number of hydrogen-bond donors (Lipinski definition) is 1. The molecule has 0 aromatic heterocycles. The lowest BCUT2D eigenvalue weighted by Gasteiger charge is -2.31. The van der Waals surface area contributed by atoms with E-state index in [2.05, 4.69) is 111 Å². The van der Waals surface area contributed by atoms with Crippen LogP contribution in [0.2, 0.25) is 0 Å². The van der Waals surface area contributed by atoms with Gasteiger partial charge >= 0.3 is 17.9 Å². The quantitative estimate of drug-likeness (QED) is 0.0282. The summed E-state index contributed by atoms with van der Waals surface area (Å²) in [6, 6.07) is -0.626. The van der Waals surface area contributed by atoms with Crippen LogP contribution in [-0.4, -0.2) is 80.6 Å². The van der Waals surface area contributed by atoms with E-state index < -0.39 is 18.1 Å². The average Bonchev–Trinajstić information content (AvgIpc) is 3.23. The molecule has 0 spiro atoms. The highest BCUT2D eigenvalue weighted by molar-refractivity contribution is 5.72. The first-order chi connectivity index (χ1) is 30.1. The average molecular weight is 865 g/mol. The standard InChI is InChI=1S/C54H89NO7/c1-6-8-10-12-14-16-18-20-22-24-26-28-30-32-34-36-38-40-42-44-52(56)61-49-50(48-60-47-46-51(54(58)59)55(3,4)5)62-53(57)45-43-41-39-37-35-33-31-29-27-25-23-21-19-17-15-13-11-9-7-2/h8-11,14-17,20-23,26-29,50-51H,6-7,12-13,18-19,24-25,30-49H2,1-5H3/p+1/b10-8-,11-9-,16-14-,17-15-,22-20-,23-21-,28-26-,29-27-. The Labute approximate surface area is 379 Å². The Morgan fingerprint density at radius 2 is 0.855 bits per heavy atom. The number of unbranched alkanes of at least 4 members (excludes halogenated alkanes) is 12. The van der Waals surface area contributed by atoms with Crippen molar-refractivity contribution in [1.82, 2.24) is 0 Å². The highest BCUT2D eigenvalue weighted by Gasteiger charge is 2.31. The summed E-state index contributed by atoms with van der Waals surface area (Å²) in [6.07, 6.45) is 58.8. The number of aliphatic carboxylic acids is 1. The van der Waals surface area contributed by atoms with Gasteiger partial charge in [-0.3, -0.25) is 9.59 Å². The van der Waals surface area contributed by atoms with Crippen LogP contribution in [0, 0.1) is 0 Å². The van der Waals surface area contributed by atoms with Gasteiger partial charge in [0.25, 0.3) is 0 Å². The molecule has 62 heavy (non-hydrogen) atoms. The lowest BCUT2D eigenvalue weighted by atomic mass is 10.1. The highest BCUT2D eigenvalue weighted by Crippen LogP contribution is 2.13. The first-order valence-electron chi connectivity index (χ1n) is 24.3. The first kappa shape index (κ1) is 58.2. The second kappa shape index (κ2) is 43.9. The van der Waals surface area contributed by atoms with E-state index in [1.165, 1.54) is 25.7 Å². The van der Waals surface area contributed by atoms with Gasteiger partial charge in [0, 0.05) is 19.3 Å². The molecule has 2 atom stereocenters. The molecule has 0 saturated heterocycles. The van der Waals surface area contributed by atoms with E-state index in [0.29, 0.717) is 19.3 Å². The maximum absolute atomic E-state index is 12.8. The second-order valence-corrected chi connectivity index (χ2v) is 17.0. The number of esters is 2. The van der Waals surface area contributed by atoms with E-state index in [4.69, 9.17) is 14.2 Å². The molecule has 8 nitrogen and oxygen atoms in total. The van der Waals surface area contributed by atoms with Gasteiger partial charge in [-0.25, -0.2) is 4.79 Å². The fourth-order valence-corrected chi connectivity index (χ4v) is 6.54. The summed E-state index contributed by atoms with van der Waals surface area (Å²) in [4.78, 5) is 37.1. The van der Waals surface area contributed by atoms with Crippen LogP contribution < -0.4 is 0 Å². The minimum absolute atomic E-state index is 0.0443. The number of rotatable bonds is 42. The van der Waals surface area contributed by atoms with Gasteiger partial charge in [-0.05, 0) is 89.9 Å². The Balaban J connectivity index is 4.36. The van der Waals surface area contributed by atoms with Crippen molar-refractivity contribution >= 4 is 17.9 Å². The third-order valence-electron chi connectivity index (χ3n) is 10.2. The fraction of sp³-hybridized carbons (Fsp3) is 0.648. The number of carboxylic acid groups (broad SMARTS) is 1. The first-order valence-corrected chi connectivity index (χ1v) is 24.3. The zero-order chi connectivity index (χ0) is 45.6. The van der Waals surface area contributed by atoms with Gasteiger partial charge in [0.05, 0.1) is 34.4 Å². The molecule has 0 saturated carbocycles. The monoisotopic (exact) mass is 865 g/mol. The number of hydrogen-bond acceptors (Lipinski definition) is 6. The van der Waals surface area contributed by atoms with Crippen LogP contribution >= 0.6 is 0 Å². The topological polar surface area (TPSA) is 99.1 Å². The summed E-state index contributed by atoms with van der Waals surface area (Å²) in [5.74, 6) is -1.51. The van der Waals surface area contributed by atoms with Gasteiger partial charge in [0.15, 0.2) is 12.1 Å². The summed E-state index contributed by atoms with van der Waals surface area (Å²) in [6.45, 7) is 4.47. The van der Waals surface area contributed by atoms with Gasteiger partial charge < -0.3 is 23.8 Å². The summed E-state index contributed by atoms with van der Waals surface area (Å²) in [5, 5.41) is 9.65. The summed E-state index contributed by atoms with van der Waals surface area (Å²) in [5.41, 5.74) is 0. The van der Waals surface area contributed by atoms with E-state index in [9.17, 15) is 19.5 Å². The largest absolute Gasteiger partial charge is 0.477 e. The van der Waals surface area contributed by atoms with Crippen LogP contribution in [-0.2, 0) is 28.6 Å². The molecular formula is C54H90NO7+. The maximum atomic E-state index is 12.8. The van der Waals surface area contributed by atoms with E-state index in [1.807, 2.05) is 21.1 Å². The molecule has 0 bridgehead atoms. The highest BCUT2D eigenvalue weighted by atomic mass is 16.6. The molecule has 8 heteroatoms. The molecule has 352 valence electrons. The summed E-state index contributed by atoms with van der Waals surface area (Å²) >= 11 is 0. The van der Waals surface area contributed by atoms with Crippen molar-refractivity contribution in [3.63, 3.8) is 0 Å². The smallest absolute Gasteiger partial charge is 0.362 e. The van der Waals surface area contributed by atoms with E-state index in [1.54, 1.807) is 0 Å². The van der Waals surface area contributed by atoms with Crippen molar-refractivity contribution in [2.45, 2.75) is 187 Å². The van der Waals surface area contributed by atoms with E-state index >= 15 is 0 Å². The van der Waals surface area contributed by atoms with Gasteiger partial charge in [-0.15, -0.1) is 0 Å². The van der Waals surface area contributed by atoms with Crippen LogP contribution in [0.4, 0.5) is 0 Å². The van der Waals surface area contributed by atoms with Crippen molar-refractivity contribution in [1.29, 1.82) is 0 Å². The van der Waals surface area contributed by atoms with Crippen LogP contribution in [0.25, 0.3) is 0 Å². The molecule has 0 aliphatic rings. The Morgan fingerprint density at radius 1 is 0.484 bits per heavy atom. The maximum Gasteiger partial charge on any atom is 0.362 e. The molecule has 0 aromatic rings. The molecule has 2 unspecified atom stereocenters. The lowest BCUT2D eigenvalue weighted by Crippen LogP contribution is -2.50. The van der Waals surface area contributed by atoms with Crippen LogP contribution in [0.15, 0.2) is 97.2 Å². The van der Waals surface area contributed by atoms with Crippen molar-refractivity contribution in [2.24, 2.45) is 0 Å². The normalized spacial score (nSPS) is 13.8. The molecule has 0 amide bonds. The molecule has 0 rings (SSSR count). The number of quaternary nitrogens is 1. The van der Waals surface area contributed by atoms with Crippen LogP contribution in [0.1, 0.15) is 174 Å². The summed E-state index contributed by atoms with van der Waals surface area (Å²) in [7, 11) is 5.51. The molecule has 0 fully saturated rings. The van der Waals surface area contributed by atoms with E-state index in [-0.39, 0.29) is 36.2 Å². The van der Waals surface area contributed by atoms with Crippen molar-refractivity contribution in [2.75, 3.05) is 41.0 Å². The summed E-state index contributed by atoms with van der Waals surface area (Å²) < 4.78 is 17.3. The van der Waals surface area contributed by atoms with Crippen molar-refractivity contribution in [3.05, 3.63) is 97.2 Å². The van der Waals surface area contributed by atoms with Crippen molar-refractivity contribution < 1.29 is 38.2 Å². The number of likely N-dealkylation sites (N-methyl/N-ethyl adjacent to an activating group) is 1. The predicted molar refractivity (Wildman–Crippen MR) is 261 cm³/mol. The minimum atomic E-state index is -0.884. The lowest BCUT2D eigenvalue weighted by molar-refractivity contribution is -0.887. The number of carbonyl (C=O) groups excluding carboxylic acids is 2. The Bertz CT molecular complexity index is 1330. The fourth-order valence-electron chi connectivity index (χ4n) is 6.54. The van der Waals surface area contributed by atoms with Gasteiger partial charge in [-0.1, -0.05) is 162 Å². The molecular weight excluding hydrogens is 775 g/mol. The second-order valence-electron chi connectivity index (χ2n) is 17.0. The van der Waals surface area contributed by atoms with Crippen molar-refractivity contribution in [3.8, 4) is 0 Å². The third-order valence-corrected chi connectivity index (χ3v) is 10.2. The zero-order valence-electron chi connectivity index (χ0n) is 40.0. The zero-order valence-corrected chi connectivity index (χ0v) is 40.0. The van der Waals surface area contributed by atoms with Crippen LogP contribution in [0.3, 0.4) is 0 Å². The Kier molecular flexibility index (Phi) is 41.2. The van der Waals surface area contributed by atoms with Gasteiger partial charge in [-0.2, -0.15) is 0 Å². The molecule has 0 heterocycles. The van der Waals surface area contributed by atoms with Gasteiger partial charge in [0.1, 0.15) is 6.61 Å². The Hall–Kier alpha value is -3.75. The Morgan fingerprint density at radius 3 is 1.26 bits per heavy atom. The number of carboxylic acids is 1. The third kappa shape index (κ3) is 41.6. The number of carbonyl (C=O) groups is 3. The molecule has 0 aliphatic carbocycles. The molecule has 0 aromatic carbocycles. The minimum Gasteiger partial charge on any atom is -0.477 e. The number of allylic oxidation sites excluding steroid dienone is 16. The van der Waals surface area contributed by atoms with E-state index in [0.717, 1.165) is 116 Å². The predicted octanol–water partition coefficient (Wildman–Crippen LogP) is 13.9. The number of nitrogens with zero attached hydrogens (tertiary/aromatic N) is 1. The van der Waals surface area contributed by atoms with Crippen LogP contribution in [0.5, 0.6) is 0 Å². The number of ether oxygens (including phenoxy) is 3. The SMILES string of the molecule is CC/C=C\C/C=C\C/C=C\C/C=C\CCCCCCCCC(=O)OCC(COCCC(C(=O)O)[N+](C)(C)C)OC(=O)CCCCCCCC/C=C\C/C=C\C/C=C\C/C=C\CC. The molecule has 0 radical (unpaired) electrons.